The summed E-state index contributed by atoms with van der Waals surface area (Å²) in [6.07, 6.45) is 5.98. The Morgan fingerprint density at radius 2 is 2.12 bits per heavy atom. The minimum Gasteiger partial charge on any atom is -0.492 e. The molecule has 3 aromatic rings. The van der Waals surface area contributed by atoms with Crippen LogP contribution >= 0.6 is 0 Å². The smallest absolute Gasteiger partial charge is 0.254 e. The first kappa shape index (κ1) is 22.5. The Bertz CT molecular complexity index is 1160. The molecule has 10 heteroatoms. The molecular formula is C24H29FN6O3. The molecule has 0 radical (unpaired) electrons. The minimum atomic E-state index is -0.575. The summed E-state index contributed by atoms with van der Waals surface area (Å²) < 4.78 is 27.5. The molecule has 4 heterocycles. The SMILES string of the molecule is NC(=O)c1cnn2ccc(N3CCC[C@@H]3c3cc(F)ccc3OCCN3CCCOCC3)nc12. The first-order chi connectivity index (χ1) is 16.6. The van der Waals surface area contributed by atoms with E-state index in [2.05, 4.69) is 19.9 Å². The van der Waals surface area contributed by atoms with Gasteiger partial charge in [0.15, 0.2) is 5.65 Å². The number of benzene rings is 1. The number of halogens is 1. The lowest BCUT2D eigenvalue weighted by Gasteiger charge is -2.28. The maximum atomic E-state index is 14.3. The highest BCUT2D eigenvalue weighted by molar-refractivity contribution is 5.98. The summed E-state index contributed by atoms with van der Waals surface area (Å²) in [5, 5.41) is 4.14. The average Bonchev–Trinajstić information content (AvgIpc) is 3.41. The van der Waals surface area contributed by atoms with Crippen molar-refractivity contribution in [3.8, 4) is 5.75 Å². The Balaban J connectivity index is 1.37. The van der Waals surface area contributed by atoms with Gasteiger partial charge in [0, 0.05) is 44.5 Å². The molecule has 9 nitrogen and oxygen atoms in total. The molecule has 0 spiro atoms. The van der Waals surface area contributed by atoms with Crippen LogP contribution in [0.4, 0.5) is 10.2 Å². The van der Waals surface area contributed by atoms with Gasteiger partial charge in [-0.25, -0.2) is 13.9 Å². The van der Waals surface area contributed by atoms with Crippen LogP contribution in [0, 0.1) is 5.82 Å². The van der Waals surface area contributed by atoms with Gasteiger partial charge in [0.1, 0.15) is 29.6 Å². The number of anilines is 1. The number of carbonyl (C=O) groups excluding carboxylic acids is 1. The van der Waals surface area contributed by atoms with Crippen LogP contribution in [0.25, 0.3) is 5.65 Å². The van der Waals surface area contributed by atoms with Crippen LogP contribution in [0.3, 0.4) is 0 Å². The summed E-state index contributed by atoms with van der Waals surface area (Å²) >= 11 is 0. The van der Waals surface area contributed by atoms with E-state index in [1.165, 1.54) is 16.8 Å². The zero-order valence-electron chi connectivity index (χ0n) is 19.0. The minimum absolute atomic E-state index is 0.0906. The van der Waals surface area contributed by atoms with Crippen LogP contribution in [0.15, 0.2) is 36.7 Å². The van der Waals surface area contributed by atoms with Crippen molar-refractivity contribution in [2.24, 2.45) is 5.73 Å². The molecule has 5 rings (SSSR count). The van der Waals surface area contributed by atoms with Crippen molar-refractivity contribution < 1.29 is 18.7 Å². The fourth-order valence-corrected chi connectivity index (χ4v) is 4.77. The van der Waals surface area contributed by atoms with E-state index in [0.717, 1.165) is 64.2 Å². The van der Waals surface area contributed by atoms with Gasteiger partial charge in [-0.3, -0.25) is 9.69 Å². The predicted molar refractivity (Wildman–Crippen MR) is 125 cm³/mol. The number of hydrogen-bond donors (Lipinski definition) is 1. The maximum Gasteiger partial charge on any atom is 0.254 e. The second-order valence-corrected chi connectivity index (χ2v) is 8.67. The van der Waals surface area contributed by atoms with Crippen molar-refractivity contribution in [3.05, 3.63) is 53.6 Å². The number of amides is 1. The molecule has 2 N–H and O–H groups in total. The molecule has 0 aliphatic carbocycles. The van der Waals surface area contributed by atoms with Crippen LogP contribution in [0.2, 0.25) is 0 Å². The van der Waals surface area contributed by atoms with Crippen LogP contribution in [-0.4, -0.2) is 71.4 Å². The number of nitrogens with zero attached hydrogens (tertiary/aromatic N) is 5. The highest BCUT2D eigenvalue weighted by Gasteiger charge is 2.30. The molecule has 1 amide bonds. The summed E-state index contributed by atoms with van der Waals surface area (Å²) in [5.41, 5.74) is 6.96. The summed E-state index contributed by atoms with van der Waals surface area (Å²) in [6.45, 7) is 5.51. The topological polar surface area (TPSA) is 98.2 Å². The van der Waals surface area contributed by atoms with Crippen LogP contribution in [0.5, 0.6) is 5.75 Å². The summed E-state index contributed by atoms with van der Waals surface area (Å²) in [5.74, 6) is 0.508. The summed E-state index contributed by atoms with van der Waals surface area (Å²) in [4.78, 5) is 20.9. The van der Waals surface area contributed by atoms with Gasteiger partial charge >= 0.3 is 0 Å². The maximum absolute atomic E-state index is 14.3. The van der Waals surface area contributed by atoms with Gasteiger partial charge in [-0.2, -0.15) is 5.10 Å². The van der Waals surface area contributed by atoms with Crippen molar-refractivity contribution in [2.75, 3.05) is 50.9 Å². The van der Waals surface area contributed by atoms with Gasteiger partial charge in [0.25, 0.3) is 5.91 Å². The number of carbonyl (C=O) groups is 1. The number of hydrogen-bond acceptors (Lipinski definition) is 7. The van der Waals surface area contributed by atoms with Crippen LogP contribution in [-0.2, 0) is 4.74 Å². The Labute approximate surface area is 197 Å². The molecule has 180 valence electrons. The number of primary amides is 1. The normalized spacial score (nSPS) is 19.4. The largest absolute Gasteiger partial charge is 0.492 e. The van der Waals surface area contributed by atoms with Crippen molar-refractivity contribution >= 4 is 17.4 Å². The molecule has 2 fully saturated rings. The van der Waals surface area contributed by atoms with Gasteiger partial charge in [0.2, 0.25) is 0 Å². The Kier molecular flexibility index (Phi) is 6.59. The highest BCUT2D eigenvalue weighted by Crippen LogP contribution is 2.39. The molecule has 2 aliphatic rings. The standard InChI is InChI=1S/C24H29FN6O3/c25-17-4-5-21(34-14-11-29-7-2-12-33-13-10-29)18(15-17)20-3-1-8-30(20)22-6-9-31-24(28-22)19(16-27-31)23(26)32/h4-6,9,15-16,20H,1-3,7-8,10-14H2,(H2,26,32)/t20-/m1/s1. The lowest BCUT2D eigenvalue weighted by molar-refractivity contribution is 0.100. The van der Waals surface area contributed by atoms with E-state index >= 15 is 0 Å². The molecule has 1 aromatic carbocycles. The number of ether oxygens (including phenoxy) is 2. The van der Waals surface area contributed by atoms with E-state index in [0.29, 0.717) is 23.8 Å². The molecule has 2 saturated heterocycles. The summed E-state index contributed by atoms with van der Waals surface area (Å²) in [7, 11) is 0. The Morgan fingerprint density at radius 3 is 3.00 bits per heavy atom. The predicted octanol–water partition coefficient (Wildman–Crippen LogP) is 2.41. The second-order valence-electron chi connectivity index (χ2n) is 8.67. The number of nitrogens with two attached hydrogens (primary N) is 1. The fraction of sp³-hybridized carbons (Fsp3) is 0.458. The van der Waals surface area contributed by atoms with Crippen LogP contribution in [0.1, 0.15) is 41.2 Å². The molecule has 34 heavy (non-hydrogen) atoms. The zero-order chi connectivity index (χ0) is 23.5. The Hall–Kier alpha value is -3.24. The van der Waals surface area contributed by atoms with Gasteiger partial charge < -0.3 is 20.1 Å². The summed E-state index contributed by atoms with van der Waals surface area (Å²) in [6, 6.07) is 6.47. The number of aromatic nitrogens is 3. The van der Waals surface area contributed by atoms with E-state index in [4.69, 9.17) is 15.2 Å². The van der Waals surface area contributed by atoms with E-state index in [-0.39, 0.29) is 17.4 Å². The van der Waals surface area contributed by atoms with Gasteiger partial charge in [-0.1, -0.05) is 0 Å². The van der Waals surface area contributed by atoms with Crippen molar-refractivity contribution in [1.29, 1.82) is 0 Å². The van der Waals surface area contributed by atoms with Gasteiger partial charge in [-0.15, -0.1) is 0 Å². The van der Waals surface area contributed by atoms with Crippen LogP contribution < -0.4 is 15.4 Å². The molecule has 2 aliphatic heterocycles. The lowest BCUT2D eigenvalue weighted by atomic mass is 10.0. The third-order valence-corrected chi connectivity index (χ3v) is 6.48. The zero-order valence-corrected chi connectivity index (χ0v) is 19.0. The quantitative estimate of drug-likeness (QED) is 0.569. The van der Waals surface area contributed by atoms with Gasteiger partial charge in [0.05, 0.1) is 18.8 Å². The fourth-order valence-electron chi connectivity index (χ4n) is 4.77. The highest BCUT2D eigenvalue weighted by atomic mass is 19.1. The third kappa shape index (κ3) is 4.69. The van der Waals surface area contributed by atoms with E-state index in [9.17, 15) is 9.18 Å². The average molecular weight is 469 g/mol. The number of rotatable bonds is 7. The molecule has 0 unspecified atom stereocenters. The molecular weight excluding hydrogens is 439 g/mol. The Morgan fingerprint density at radius 1 is 1.21 bits per heavy atom. The van der Waals surface area contributed by atoms with E-state index < -0.39 is 5.91 Å². The first-order valence-corrected chi connectivity index (χ1v) is 11.7. The number of fused-ring (bicyclic) bond motifs is 1. The van der Waals surface area contributed by atoms with Crippen molar-refractivity contribution in [2.45, 2.75) is 25.3 Å². The van der Waals surface area contributed by atoms with Gasteiger partial charge in [-0.05, 0) is 43.5 Å². The van der Waals surface area contributed by atoms with Crippen molar-refractivity contribution in [1.82, 2.24) is 19.5 Å². The van der Waals surface area contributed by atoms with Crippen molar-refractivity contribution in [3.63, 3.8) is 0 Å². The lowest BCUT2D eigenvalue weighted by Crippen LogP contribution is -2.31. The van der Waals surface area contributed by atoms with E-state index in [1.54, 1.807) is 18.3 Å². The molecule has 1 atom stereocenters. The molecule has 0 saturated carbocycles. The monoisotopic (exact) mass is 468 g/mol. The third-order valence-electron chi connectivity index (χ3n) is 6.48. The molecule has 0 bridgehead atoms. The second kappa shape index (κ2) is 9.94. The molecule has 2 aromatic heterocycles. The first-order valence-electron chi connectivity index (χ1n) is 11.7. The van der Waals surface area contributed by atoms with E-state index in [1.807, 2.05) is 6.07 Å².